The van der Waals surface area contributed by atoms with Gasteiger partial charge in [-0.15, -0.1) is 0 Å². The average molecular weight is 639 g/mol. The fourth-order valence-corrected chi connectivity index (χ4v) is 6.57. The summed E-state index contributed by atoms with van der Waals surface area (Å²) in [5, 5.41) is 2.06. The lowest BCUT2D eigenvalue weighted by Crippen LogP contribution is -1.96. The van der Waals surface area contributed by atoms with Crippen molar-refractivity contribution in [3.05, 3.63) is 182 Å². The van der Waals surface area contributed by atoms with E-state index in [-0.39, 0.29) is 0 Å². The molecule has 0 spiro atoms. The monoisotopic (exact) mass is 638 g/mol. The van der Waals surface area contributed by atoms with Crippen molar-refractivity contribution in [2.24, 2.45) is 0 Å². The minimum atomic E-state index is 0.689. The van der Waals surface area contributed by atoms with E-state index in [9.17, 15) is 0 Å². The van der Waals surface area contributed by atoms with Crippen LogP contribution >= 0.6 is 0 Å². The number of rotatable bonds is 6. The number of hydrogen-bond acceptors (Lipinski definition) is 4. The van der Waals surface area contributed by atoms with E-state index in [1.165, 1.54) is 11.1 Å². The number of fused-ring (bicyclic) bond motifs is 2. The first-order valence-corrected chi connectivity index (χ1v) is 16.7. The summed E-state index contributed by atoms with van der Waals surface area (Å²) in [5.74, 6) is 1.38. The molecule has 0 atom stereocenters. The fourth-order valence-electron chi connectivity index (χ4n) is 6.57. The van der Waals surface area contributed by atoms with Crippen LogP contribution in [0.4, 0.5) is 0 Å². The minimum Gasteiger partial charge on any atom is -0.228 e. The predicted molar refractivity (Wildman–Crippen MR) is 205 cm³/mol. The molecule has 0 saturated heterocycles. The molecule has 2 heterocycles. The first kappa shape index (κ1) is 29.4. The zero-order valence-corrected chi connectivity index (χ0v) is 27.1. The van der Waals surface area contributed by atoms with Crippen molar-refractivity contribution in [3.63, 3.8) is 0 Å². The van der Waals surface area contributed by atoms with E-state index in [4.69, 9.17) is 19.9 Å². The predicted octanol–water partition coefficient (Wildman–Crippen LogP) is 11.6. The summed E-state index contributed by atoms with van der Waals surface area (Å²) in [5.41, 5.74) is 12.2. The Balaban J connectivity index is 1.10. The Morgan fingerprint density at radius 2 is 0.600 bits per heavy atom. The molecule has 0 radical (unpaired) electrons. The van der Waals surface area contributed by atoms with Crippen molar-refractivity contribution in [3.8, 4) is 67.5 Å². The zero-order valence-electron chi connectivity index (χ0n) is 27.1. The van der Waals surface area contributed by atoms with Gasteiger partial charge in [0, 0.05) is 33.0 Å². The van der Waals surface area contributed by atoms with Crippen LogP contribution in [0.5, 0.6) is 0 Å². The third-order valence-electron chi connectivity index (χ3n) is 9.09. The van der Waals surface area contributed by atoms with Crippen molar-refractivity contribution in [1.29, 1.82) is 0 Å². The molecule has 0 aliphatic heterocycles. The molecule has 0 aliphatic rings. The van der Waals surface area contributed by atoms with Crippen LogP contribution in [0.3, 0.4) is 0 Å². The highest BCUT2D eigenvalue weighted by molar-refractivity contribution is 5.95. The van der Waals surface area contributed by atoms with Gasteiger partial charge in [-0.25, -0.2) is 19.9 Å². The molecule has 9 aromatic rings. The van der Waals surface area contributed by atoms with Gasteiger partial charge in [-0.3, -0.25) is 0 Å². The Kier molecular flexibility index (Phi) is 7.45. The Morgan fingerprint density at radius 3 is 1.12 bits per heavy atom. The van der Waals surface area contributed by atoms with Crippen molar-refractivity contribution in [2.45, 2.75) is 0 Å². The summed E-state index contributed by atoms with van der Waals surface area (Å²) in [6, 6.07) is 62.7. The molecule has 234 valence electrons. The normalized spacial score (nSPS) is 11.2. The summed E-state index contributed by atoms with van der Waals surface area (Å²) in [4.78, 5) is 20.3. The standard InChI is InChI=1S/C46H30N4/c1-3-13-31(14-4-1)32-25-27-34(28-26-32)44-40-22-8-10-24-42(40)48-46(50-44)38-20-12-18-36(30-38)35-17-11-19-37(29-35)45-47-41-23-9-7-21-39(41)43(49-45)33-15-5-2-6-16-33/h1-30H. The lowest BCUT2D eigenvalue weighted by atomic mass is 9.99. The van der Waals surface area contributed by atoms with Gasteiger partial charge in [0.05, 0.1) is 22.4 Å². The molecule has 0 fully saturated rings. The highest BCUT2D eigenvalue weighted by atomic mass is 14.9. The number of nitrogens with zero attached hydrogens (tertiary/aromatic N) is 4. The Hall–Kier alpha value is -6.78. The SMILES string of the molecule is c1ccc(-c2ccc(-c3nc(-c4cccc(-c5cccc(-c6nc(-c7ccccc7)c7ccccc7n6)c5)c4)nc4ccccc34)cc2)cc1. The zero-order chi connectivity index (χ0) is 33.3. The molecule has 0 saturated carbocycles. The molecular formula is C46H30N4. The van der Waals surface area contributed by atoms with E-state index in [1.54, 1.807) is 0 Å². The molecule has 0 aliphatic carbocycles. The maximum absolute atomic E-state index is 5.18. The van der Waals surface area contributed by atoms with Gasteiger partial charge >= 0.3 is 0 Å². The quantitative estimate of drug-likeness (QED) is 0.182. The topological polar surface area (TPSA) is 51.6 Å². The smallest absolute Gasteiger partial charge is 0.160 e. The largest absolute Gasteiger partial charge is 0.228 e. The first-order valence-electron chi connectivity index (χ1n) is 16.7. The van der Waals surface area contributed by atoms with E-state index in [0.29, 0.717) is 11.6 Å². The van der Waals surface area contributed by atoms with Crippen LogP contribution in [-0.2, 0) is 0 Å². The van der Waals surface area contributed by atoms with Crippen molar-refractivity contribution in [1.82, 2.24) is 19.9 Å². The molecule has 50 heavy (non-hydrogen) atoms. The molecule has 4 nitrogen and oxygen atoms in total. The number of para-hydroxylation sites is 2. The van der Waals surface area contributed by atoms with Crippen LogP contribution in [0, 0.1) is 0 Å². The Bertz CT molecular complexity index is 2630. The maximum Gasteiger partial charge on any atom is 0.160 e. The van der Waals surface area contributed by atoms with Gasteiger partial charge in [0.1, 0.15) is 0 Å². The van der Waals surface area contributed by atoms with E-state index in [2.05, 4.69) is 133 Å². The molecule has 0 N–H and O–H groups in total. The average Bonchev–Trinajstić information content (AvgIpc) is 3.21. The van der Waals surface area contributed by atoms with Crippen LogP contribution in [0.25, 0.3) is 89.4 Å². The number of hydrogen-bond donors (Lipinski definition) is 0. The molecule has 0 bridgehead atoms. The first-order chi connectivity index (χ1) is 24.8. The summed E-state index contributed by atoms with van der Waals surface area (Å²) < 4.78 is 0. The lowest BCUT2D eigenvalue weighted by Gasteiger charge is -2.12. The summed E-state index contributed by atoms with van der Waals surface area (Å²) in [7, 11) is 0. The fraction of sp³-hybridized carbons (Fsp3) is 0. The third-order valence-corrected chi connectivity index (χ3v) is 9.09. The third kappa shape index (κ3) is 5.59. The summed E-state index contributed by atoms with van der Waals surface area (Å²) >= 11 is 0. The van der Waals surface area contributed by atoms with E-state index >= 15 is 0 Å². The Labute approximate surface area is 290 Å². The molecule has 9 rings (SSSR count). The molecule has 4 heteroatoms. The molecule has 2 aromatic heterocycles. The van der Waals surface area contributed by atoms with Gasteiger partial charge in [-0.05, 0) is 46.5 Å². The van der Waals surface area contributed by atoms with E-state index in [0.717, 1.165) is 66.6 Å². The summed E-state index contributed by atoms with van der Waals surface area (Å²) in [6.45, 7) is 0. The molecule has 0 unspecified atom stereocenters. The second kappa shape index (κ2) is 12.7. The van der Waals surface area contributed by atoms with Crippen LogP contribution in [-0.4, -0.2) is 19.9 Å². The van der Waals surface area contributed by atoms with Crippen LogP contribution in [0.1, 0.15) is 0 Å². The number of benzene rings is 7. The summed E-state index contributed by atoms with van der Waals surface area (Å²) in [6.07, 6.45) is 0. The van der Waals surface area contributed by atoms with Crippen molar-refractivity contribution >= 4 is 21.8 Å². The van der Waals surface area contributed by atoms with Gasteiger partial charge in [0.25, 0.3) is 0 Å². The minimum absolute atomic E-state index is 0.689. The van der Waals surface area contributed by atoms with Gasteiger partial charge in [0.2, 0.25) is 0 Å². The van der Waals surface area contributed by atoms with Gasteiger partial charge in [0.15, 0.2) is 11.6 Å². The lowest BCUT2D eigenvalue weighted by molar-refractivity contribution is 1.23. The number of aromatic nitrogens is 4. The van der Waals surface area contributed by atoms with E-state index < -0.39 is 0 Å². The van der Waals surface area contributed by atoms with Crippen LogP contribution < -0.4 is 0 Å². The molecule has 0 amide bonds. The second-order valence-electron chi connectivity index (χ2n) is 12.3. The Morgan fingerprint density at radius 1 is 0.240 bits per heavy atom. The van der Waals surface area contributed by atoms with Crippen molar-refractivity contribution < 1.29 is 0 Å². The van der Waals surface area contributed by atoms with Crippen LogP contribution in [0.2, 0.25) is 0 Å². The highest BCUT2D eigenvalue weighted by Crippen LogP contribution is 2.34. The second-order valence-corrected chi connectivity index (χ2v) is 12.3. The van der Waals surface area contributed by atoms with Gasteiger partial charge < -0.3 is 0 Å². The van der Waals surface area contributed by atoms with E-state index in [1.807, 2.05) is 48.5 Å². The van der Waals surface area contributed by atoms with Crippen molar-refractivity contribution in [2.75, 3.05) is 0 Å². The maximum atomic E-state index is 5.18. The highest BCUT2D eigenvalue weighted by Gasteiger charge is 2.14. The molecule has 7 aromatic carbocycles. The van der Waals surface area contributed by atoms with Gasteiger partial charge in [-0.2, -0.15) is 0 Å². The molecular weight excluding hydrogens is 609 g/mol. The van der Waals surface area contributed by atoms with Crippen LogP contribution in [0.15, 0.2) is 182 Å². The van der Waals surface area contributed by atoms with Gasteiger partial charge in [-0.1, -0.05) is 158 Å².